The van der Waals surface area contributed by atoms with Gasteiger partial charge in [-0.3, -0.25) is 4.79 Å². The van der Waals surface area contributed by atoms with Gasteiger partial charge in [-0.05, 0) is 30.3 Å². The Morgan fingerprint density at radius 3 is 2.60 bits per heavy atom. The van der Waals surface area contributed by atoms with E-state index >= 15 is 0 Å². The molecule has 1 N–H and O–H groups in total. The Kier molecular flexibility index (Phi) is 4.57. The molecular formula is C16H15N5O3S. The fourth-order valence-corrected chi connectivity index (χ4v) is 2.85. The molecule has 0 aliphatic heterocycles. The van der Waals surface area contributed by atoms with Crippen molar-refractivity contribution in [2.24, 2.45) is 0 Å². The molecule has 3 aromatic rings. The van der Waals surface area contributed by atoms with Gasteiger partial charge in [0.2, 0.25) is 0 Å². The number of nitrogens with one attached hydrogen (secondary N) is 1. The zero-order valence-corrected chi connectivity index (χ0v) is 14.1. The van der Waals surface area contributed by atoms with Crippen LogP contribution in [0.15, 0.2) is 60.1 Å². The van der Waals surface area contributed by atoms with Gasteiger partial charge in [0.1, 0.15) is 12.7 Å². The van der Waals surface area contributed by atoms with Crippen LogP contribution < -0.4 is 5.32 Å². The summed E-state index contributed by atoms with van der Waals surface area (Å²) in [6.45, 7) is 0.246. The minimum atomic E-state index is -3.29. The fourth-order valence-electron chi connectivity index (χ4n) is 2.22. The van der Waals surface area contributed by atoms with E-state index in [4.69, 9.17) is 0 Å². The minimum absolute atomic E-state index is 0.171. The molecule has 1 aromatic carbocycles. The molecule has 0 unspecified atom stereocenters. The molecule has 0 aliphatic rings. The second-order valence-electron chi connectivity index (χ2n) is 5.31. The molecule has 0 atom stereocenters. The SMILES string of the molecule is CS(=O)(=O)c1ccc(C(=O)NCc2cccnc2-n2cncn2)cc1. The van der Waals surface area contributed by atoms with Crippen LogP contribution in [0.1, 0.15) is 15.9 Å². The number of hydrogen-bond donors (Lipinski definition) is 1. The van der Waals surface area contributed by atoms with Crippen molar-refractivity contribution in [1.29, 1.82) is 0 Å². The van der Waals surface area contributed by atoms with Crippen molar-refractivity contribution in [3.05, 3.63) is 66.4 Å². The van der Waals surface area contributed by atoms with Gasteiger partial charge in [-0.15, -0.1) is 0 Å². The topological polar surface area (TPSA) is 107 Å². The summed E-state index contributed by atoms with van der Waals surface area (Å²) in [5.41, 5.74) is 1.15. The quantitative estimate of drug-likeness (QED) is 0.730. The molecule has 2 heterocycles. The number of rotatable bonds is 5. The fraction of sp³-hybridized carbons (Fsp3) is 0.125. The summed E-state index contributed by atoms with van der Waals surface area (Å²) in [6, 6.07) is 9.38. The van der Waals surface area contributed by atoms with Gasteiger partial charge >= 0.3 is 0 Å². The Hall–Kier alpha value is -3.07. The van der Waals surface area contributed by atoms with Gasteiger partial charge in [0.15, 0.2) is 15.7 Å². The summed E-state index contributed by atoms with van der Waals surface area (Å²) >= 11 is 0. The van der Waals surface area contributed by atoms with E-state index in [1.165, 1.54) is 41.6 Å². The third kappa shape index (κ3) is 3.89. The predicted molar refractivity (Wildman–Crippen MR) is 89.9 cm³/mol. The van der Waals surface area contributed by atoms with E-state index in [0.717, 1.165) is 11.8 Å². The third-order valence-corrected chi connectivity index (χ3v) is 4.62. The smallest absolute Gasteiger partial charge is 0.251 e. The third-order valence-electron chi connectivity index (χ3n) is 3.49. The van der Waals surface area contributed by atoms with Gasteiger partial charge < -0.3 is 5.32 Å². The number of amides is 1. The van der Waals surface area contributed by atoms with Crippen LogP contribution in [-0.2, 0) is 16.4 Å². The normalized spacial score (nSPS) is 11.2. The van der Waals surface area contributed by atoms with Gasteiger partial charge in [-0.25, -0.2) is 23.1 Å². The molecule has 128 valence electrons. The van der Waals surface area contributed by atoms with E-state index in [1.54, 1.807) is 12.3 Å². The molecule has 0 radical (unpaired) electrons. The summed E-state index contributed by atoms with van der Waals surface area (Å²) in [6.07, 6.45) is 5.68. The Bertz CT molecular complexity index is 983. The molecule has 8 nitrogen and oxygen atoms in total. The molecule has 0 saturated carbocycles. The first-order valence-corrected chi connectivity index (χ1v) is 9.21. The second-order valence-corrected chi connectivity index (χ2v) is 7.32. The molecular weight excluding hydrogens is 342 g/mol. The molecule has 0 fully saturated rings. The van der Waals surface area contributed by atoms with E-state index in [9.17, 15) is 13.2 Å². The number of aromatic nitrogens is 4. The highest BCUT2D eigenvalue weighted by molar-refractivity contribution is 7.90. The van der Waals surface area contributed by atoms with Crippen LogP contribution in [0.25, 0.3) is 5.82 Å². The van der Waals surface area contributed by atoms with E-state index in [2.05, 4.69) is 20.4 Å². The molecule has 25 heavy (non-hydrogen) atoms. The van der Waals surface area contributed by atoms with Gasteiger partial charge in [-0.1, -0.05) is 6.07 Å². The molecule has 2 aromatic heterocycles. The highest BCUT2D eigenvalue weighted by atomic mass is 32.2. The molecule has 0 bridgehead atoms. The summed E-state index contributed by atoms with van der Waals surface area (Å²) in [5, 5.41) is 6.82. The van der Waals surface area contributed by atoms with Crippen LogP contribution in [0.3, 0.4) is 0 Å². The van der Waals surface area contributed by atoms with Gasteiger partial charge in [0.25, 0.3) is 5.91 Å². The summed E-state index contributed by atoms with van der Waals surface area (Å²) in [4.78, 5) is 20.6. The van der Waals surface area contributed by atoms with Gasteiger partial charge in [-0.2, -0.15) is 5.10 Å². The van der Waals surface area contributed by atoms with Crippen LogP contribution in [0, 0.1) is 0 Å². The van der Waals surface area contributed by atoms with Crippen molar-refractivity contribution < 1.29 is 13.2 Å². The molecule has 3 rings (SSSR count). The van der Waals surface area contributed by atoms with Crippen molar-refractivity contribution in [1.82, 2.24) is 25.1 Å². The van der Waals surface area contributed by atoms with Crippen LogP contribution in [0.2, 0.25) is 0 Å². The number of nitrogens with zero attached hydrogens (tertiary/aromatic N) is 4. The highest BCUT2D eigenvalue weighted by Gasteiger charge is 2.11. The molecule has 1 amide bonds. The lowest BCUT2D eigenvalue weighted by molar-refractivity contribution is 0.0951. The number of sulfone groups is 1. The number of carbonyl (C=O) groups excluding carboxylic acids is 1. The Labute approximate surface area is 144 Å². The number of carbonyl (C=O) groups is 1. The largest absolute Gasteiger partial charge is 0.348 e. The Balaban J connectivity index is 1.73. The zero-order valence-electron chi connectivity index (χ0n) is 13.3. The van der Waals surface area contributed by atoms with Gasteiger partial charge in [0, 0.05) is 30.1 Å². The molecule has 0 spiro atoms. The maximum absolute atomic E-state index is 12.3. The van der Waals surface area contributed by atoms with Crippen LogP contribution in [-0.4, -0.2) is 40.3 Å². The van der Waals surface area contributed by atoms with Gasteiger partial charge in [0.05, 0.1) is 4.90 Å². The number of hydrogen-bond acceptors (Lipinski definition) is 6. The van der Waals surface area contributed by atoms with E-state index in [0.29, 0.717) is 11.4 Å². The van der Waals surface area contributed by atoms with Crippen LogP contribution >= 0.6 is 0 Å². The lowest BCUT2D eigenvalue weighted by atomic mass is 10.2. The van der Waals surface area contributed by atoms with E-state index < -0.39 is 9.84 Å². The van der Waals surface area contributed by atoms with Crippen molar-refractivity contribution in [2.75, 3.05) is 6.26 Å². The number of benzene rings is 1. The summed E-state index contributed by atoms with van der Waals surface area (Å²) < 4.78 is 24.4. The van der Waals surface area contributed by atoms with E-state index in [-0.39, 0.29) is 17.3 Å². The van der Waals surface area contributed by atoms with Crippen molar-refractivity contribution in [3.63, 3.8) is 0 Å². The average molecular weight is 357 g/mol. The van der Waals surface area contributed by atoms with Crippen molar-refractivity contribution in [3.8, 4) is 5.82 Å². The second kappa shape index (κ2) is 6.81. The number of pyridine rings is 1. The van der Waals surface area contributed by atoms with Crippen LogP contribution in [0.5, 0.6) is 0 Å². The summed E-state index contributed by atoms with van der Waals surface area (Å²) in [5.74, 6) is 0.265. The molecule has 0 saturated heterocycles. The zero-order chi connectivity index (χ0) is 17.9. The predicted octanol–water partition coefficient (Wildman–Crippen LogP) is 0.996. The Morgan fingerprint density at radius 1 is 1.20 bits per heavy atom. The summed E-state index contributed by atoms with van der Waals surface area (Å²) in [7, 11) is -3.29. The highest BCUT2D eigenvalue weighted by Crippen LogP contribution is 2.12. The monoisotopic (exact) mass is 357 g/mol. The maximum atomic E-state index is 12.3. The van der Waals surface area contributed by atoms with Crippen molar-refractivity contribution in [2.45, 2.75) is 11.4 Å². The van der Waals surface area contributed by atoms with E-state index in [1.807, 2.05) is 6.07 Å². The first kappa shape index (κ1) is 16.8. The molecule has 9 heteroatoms. The van der Waals surface area contributed by atoms with Crippen molar-refractivity contribution >= 4 is 15.7 Å². The lowest BCUT2D eigenvalue weighted by Crippen LogP contribution is -2.23. The maximum Gasteiger partial charge on any atom is 0.251 e. The minimum Gasteiger partial charge on any atom is -0.348 e. The lowest BCUT2D eigenvalue weighted by Gasteiger charge is -2.09. The first-order chi connectivity index (χ1) is 11.9. The molecule has 0 aliphatic carbocycles. The Morgan fingerprint density at radius 2 is 1.96 bits per heavy atom. The average Bonchev–Trinajstić information content (AvgIpc) is 3.14. The van der Waals surface area contributed by atoms with Crippen LogP contribution in [0.4, 0.5) is 0 Å². The standard InChI is InChI=1S/C16H15N5O3S/c1-25(23,24)14-6-4-12(5-7-14)16(22)19-9-13-3-2-8-18-15(13)21-11-17-10-20-21/h2-8,10-11H,9H2,1H3,(H,19,22). The first-order valence-electron chi connectivity index (χ1n) is 7.32.